The Balaban J connectivity index is 1.79. The molecule has 3 rings (SSSR count). The fourth-order valence-electron chi connectivity index (χ4n) is 2.51. The Labute approximate surface area is 159 Å². The van der Waals surface area contributed by atoms with Crippen LogP contribution in [0.1, 0.15) is 27.0 Å². The standard InChI is InChI=1S/C22H22N4O/c1-16-8-10-20(11-9-16)25-22(24-15-18-6-4-12-23-14-18)26-21(27)19-7-3-5-17(2)13-19/h3-14H,15H2,1-2H3,(H2,24,25,26,27). The fraction of sp³-hybridized carbons (Fsp3) is 0.136. The van der Waals surface area contributed by atoms with Crippen molar-refractivity contribution in [2.24, 2.45) is 4.99 Å². The highest BCUT2D eigenvalue weighted by atomic mass is 16.1. The molecule has 1 heterocycles. The maximum absolute atomic E-state index is 12.6. The summed E-state index contributed by atoms with van der Waals surface area (Å²) in [5.41, 5.74) is 4.61. The lowest BCUT2D eigenvalue weighted by atomic mass is 10.1. The third-order valence-corrected chi connectivity index (χ3v) is 3.97. The van der Waals surface area contributed by atoms with E-state index < -0.39 is 0 Å². The molecule has 0 spiro atoms. The van der Waals surface area contributed by atoms with Crippen LogP contribution < -0.4 is 10.6 Å². The van der Waals surface area contributed by atoms with Crippen LogP contribution in [-0.4, -0.2) is 16.9 Å². The van der Waals surface area contributed by atoms with Gasteiger partial charge in [-0.25, -0.2) is 4.99 Å². The first-order valence-corrected chi connectivity index (χ1v) is 8.75. The third-order valence-electron chi connectivity index (χ3n) is 3.97. The Hall–Kier alpha value is -3.47. The number of amides is 1. The van der Waals surface area contributed by atoms with E-state index in [0.717, 1.165) is 22.4 Å². The molecule has 1 aromatic heterocycles. The summed E-state index contributed by atoms with van der Waals surface area (Å²) in [6.07, 6.45) is 3.48. The third kappa shape index (κ3) is 5.51. The molecule has 0 fully saturated rings. The summed E-state index contributed by atoms with van der Waals surface area (Å²) in [4.78, 5) is 21.2. The van der Waals surface area contributed by atoms with Crippen molar-refractivity contribution in [3.63, 3.8) is 0 Å². The number of nitrogens with zero attached hydrogens (tertiary/aromatic N) is 2. The summed E-state index contributed by atoms with van der Waals surface area (Å²) >= 11 is 0. The van der Waals surface area contributed by atoms with Crippen LogP contribution in [-0.2, 0) is 6.54 Å². The summed E-state index contributed by atoms with van der Waals surface area (Å²) in [6, 6.07) is 19.2. The van der Waals surface area contributed by atoms with Gasteiger partial charge < -0.3 is 5.32 Å². The molecule has 5 nitrogen and oxygen atoms in total. The molecular weight excluding hydrogens is 336 g/mol. The van der Waals surface area contributed by atoms with Crippen LogP contribution in [0.3, 0.4) is 0 Å². The van der Waals surface area contributed by atoms with Gasteiger partial charge in [0.1, 0.15) is 0 Å². The maximum Gasteiger partial charge on any atom is 0.257 e. The Bertz CT molecular complexity index is 934. The minimum Gasteiger partial charge on any atom is -0.326 e. The van der Waals surface area contributed by atoms with E-state index in [0.29, 0.717) is 18.1 Å². The average Bonchev–Trinajstić information content (AvgIpc) is 2.68. The van der Waals surface area contributed by atoms with E-state index in [-0.39, 0.29) is 5.91 Å². The smallest absolute Gasteiger partial charge is 0.257 e. The minimum atomic E-state index is -0.205. The normalized spacial score (nSPS) is 11.1. The predicted molar refractivity (Wildman–Crippen MR) is 109 cm³/mol. The number of hydrogen-bond acceptors (Lipinski definition) is 3. The lowest BCUT2D eigenvalue weighted by Crippen LogP contribution is -2.36. The largest absolute Gasteiger partial charge is 0.326 e. The van der Waals surface area contributed by atoms with E-state index in [4.69, 9.17) is 0 Å². The molecule has 0 bridgehead atoms. The first-order chi connectivity index (χ1) is 13.1. The van der Waals surface area contributed by atoms with Gasteiger partial charge in [-0.3, -0.25) is 15.1 Å². The zero-order valence-corrected chi connectivity index (χ0v) is 15.4. The number of pyridine rings is 1. The molecule has 0 aliphatic carbocycles. The second-order valence-electron chi connectivity index (χ2n) is 6.34. The van der Waals surface area contributed by atoms with Crippen LogP contribution in [0.4, 0.5) is 5.69 Å². The van der Waals surface area contributed by atoms with Crippen molar-refractivity contribution in [3.8, 4) is 0 Å². The average molecular weight is 358 g/mol. The first-order valence-electron chi connectivity index (χ1n) is 8.75. The highest BCUT2D eigenvalue weighted by molar-refractivity contribution is 6.10. The van der Waals surface area contributed by atoms with Crippen LogP contribution in [0.25, 0.3) is 0 Å². The second kappa shape index (κ2) is 8.76. The first kappa shape index (κ1) is 18.3. The number of nitrogens with one attached hydrogen (secondary N) is 2. The van der Waals surface area contributed by atoms with E-state index in [9.17, 15) is 4.79 Å². The number of rotatable bonds is 4. The van der Waals surface area contributed by atoms with Crippen molar-refractivity contribution in [2.45, 2.75) is 20.4 Å². The predicted octanol–water partition coefficient (Wildman–Crippen LogP) is 4.10. The van der Waals surface area contributed by atoms with Gasteiger partial charge in [0, 0.05) is 23.6 Å². The Morgan fingerprint density at radius 1 is 1.00 bits per heavy atom. The molecule has 2 N–H and O–H groups in total. The minimum absolute atomic E-state index is 0.205. The molecule has 0 atom stereocenters. The number of carbonyl (C=O) groups is 1. The maximum atomic E-state index is 12.6. The van der Waals surface area contributed by atoms with Gasteiger partial charge in [0.05, 0.1) is 6.54 Å². The highest BCUT2D eigenvalue weighted by Crippen LogP contribution is 2.09. The van der Waals surface area contributed by atoms with Gasteiger partial charge >= 0.3 is 0 Å². The van der Waals surface area contributed by atoms with Gasteiger partial charge in [0.2, 0.25) is 5.96 Å². The molecule has 0 saturated heterocycles. The van der Waals surface area contributed by atoms with Crippen LogP contribution in [0.5, 0.6) is 0 Å². The molecule has 0 aliphatic heterocycles. The number of aromatic nitrogens is 1. The number of carbonyl (C=O) groups excluding carboxylic acids is 1. The Morgan fingerprint density at radius 3 is 2.52 bits per heavy atom. The number of aliphatic imine (C=N–C) groups is 1. The van der Waals surface area contributed by atoms with Gasteiger partial charge in [-0.15, -0.1) is 0 Å². The lowest BCUT2D eigenvalue weighted by molar-refractivity contribution is 0.0977. The summed E-state index contributed by atoms with van der Waals surface area (Å²) in [5, 5.41) is 6.06. The quantitative estimate of drug-likeness (QED) is 0.545. The molecule has 136 valence electrons. The van der Waals surface area contributed by atoms with Crippen molar-refractivity contribution in [1.29, 1.82) is 0 Å². The van der Waals surface area contributed by atoms with Gasteiger partial charge in [-0.2, -0.15) is 0 Å². The number of anilines is 1. The van der Waals surface area contributed by atoms with Crippen LogP contribution in [0, 0.1) is 13.8 Å². The second-order valence-corrected chi connectivity index (χ2v) is 6.34. The Morgan fingerprint density at radius 2 is 1.81 bits per heavy atom. The number of guanidine groups is 1. The SMILES string of the molecule is Cc1ccc(NC(=NCc2cccnc2)NC(=O)c2cccc(C)c2)cc1. The van der Waals surface area contributed by atoms with Crippen molar-refractivity contribution in [3.05, 3.63) is 95.3 Å². The molecular formula is C22H22N4O. The van der Waals surface area contributed by atoms with Crippen LogP contribution >= 0.6 is 0 Å². The van der Waals surface area contributed by atoms with Gasteiger partial charge in [-0.05, 0) is 49.7 Å². The molecule has 5 heteroatoms. The number of benzene rings is 2. The zero-order chi connectivity index (χ0) is 19.1. The van der Waals surface area contributed by atoms with Crippen molar-refractivity contribution in [1.82, 2.24) is 10.3 Å². The highest BCUT2D eigenvalue weighted by Gasteiger charge is 2.09. The van der Waals surface area contributed by atoms with E-state index in [2.05, 4.69) is 20.6 Å². The molecule has 2 aromatic carbocycles. The van der Waals surface area contributed by atoms with Crippen molar-refractivity contribution < 1.29 is 4.79 Å². The zero-order valence-electron chi connectivity index (χ0n) is 15.4. The lowest BCUT2D eigenvalue weighted by Gasteiger charge is -2.12. The van der Waals surface area contributed by atoms with Crippen LogP contribution in [0.2, 0.25) is 0 Å². The van der Waals surface area contributed by atoms with E-state index >= 15 is 0 Å². The van der Waals surface area contributed by atoms with E-state index in [1.54, 1.807) is 18.5 Å². The molecule has 1 amide bonds. The van der Waals surface area contributed by atoms with E-state index in [1.165, 1.54) is 0 Å². The van der Waals surface area contributed by atoms with E-state index in [1.807, 2.05) is 68.4 Å². The van der Waals surface area contributed by atoms with Crippen molar-refractivity contribution >= 4 is 17.6 Å². The van der Waals surface area contributed by atoms with Gasteiger partial charge in [-0.1, -0.05) is 41.5 Å². The fourth-order valence-corrected chi connectivity index (χ4v) is 2.51. The summed E-state index contributed by atoms with van der Waals surface area (Å²) in [7, 11) is 0. The van der Waals surface area contributed by atoms with Gasteiger partial charge in [0.25, 0.3) is 5.91 Å². The molecule has 0 aliphatic rings. The summed E-state index contributed by atoms with van der Waals surface area (Å²) in [5.74, 6) is 0.192. The summed E-state index contributed by atoms with van der Waals surface area (Å²) in [6.45, 7) is 4.40. The molecule has 27 heavy (non-hydrogen) atoms. The summed E-state index contributed by atoms with van der Waals surface area (Å²) < 4.78 is 0. The monoisotopic (exact) mass is 358 g/mol. The van der Waals surface area contributed by atoms with Crippen LogP contribution in [0.15, 0.2) is 78.0 Å². The van der Waals surface area contributed by atoms with Crippen molar-refractivity contribution in [2.75, 3.05) is 5.32 Å². The number of hydrogen-bond donors (Lipinski definition) is 2. The van der Waals surface area contributed by atoms with Gasteiger partial charge in [0.15, 0.2) is 0 Å². The molecule has 0 unspecified atom stereocenters. The topological polar surface area (TPSA) is 66.4 Å². The molecule has 3 aromatic rings. The number of aryl methyl sites for hydroxylation is 2. The Kier molecular flexibility index (Phi) is 5.94. The molecule has 0 saturated carbocycles. The molecule has 0 radical (unpaired) electrons.